The van der Waals surface area contributed by atoms with Crippen molar-refractivity contribution in [2.24, 2.45) is 11.8 Å². The maximum atomic E-state index is 14.0. The average Bonchev–Trinajstić information content (AvgIpc) is 3.79. The van der Waals surface area contributed by atoms with E-state index in [0.29, 0.717) is 19.4 Å². The van der Waals surface area contributed by atoms with Crippen LogP contribution in [-0.4, -0.2) is 71.6 Å². The molecular weight excluding hydrogens is 636 g/mol. The summed E-state index contributed by atoms with van der Waals surface area (Å²) in [6, 6.07) is 15.0. The van der Waals surface area contributed by atoms with Gasteiger partial charge in [-0.1, -0.05) is 88.4 Å². The Hall–Kier alpha value is -4.25. The first-order valence-electron chi connectivity index (χ1n) is 17.6. The largest absolute Gasteiger partial charge is 0.444 e. The van der Waals surface area contributed by atoms with Crippen LogP contribution < -0.4 is 21.3 Å². The lowest BCUT2D eigenvalue weighted by molar-refractivity contribution is -0.134. The lowest BCUT2D eigenvalue weighted by Crippen LogP contribution is -2.59. The van der Waals surface area contributed by atoms with Crippen molar-refractivity contribution < 1.29 is 33.4 Å². The molecule has 0 radical (unpaired) electrons. The van der Waals surface area contributed by atoms with E-state index in [1.54, 1.807) is 27.7 Å². The van der Waals surface area contributed by atoms with E-state index in [4.69, 9.17) is 9.47 Å². The van der Waals surface area contributed by atoms with Gasteiger partial charge in [0.05, 0.1) is 12.6 Å². The molecule has 11 nitrogen and oxygen atoms in total. The van der Waals surface area contributed by atoms with Gasteiger partial charge in [-0.3, -0.25) is 19.2 Å². The number of ketones is 1. The van der Waals surface area contributed by atoms with Crippen molar-refractivity contribution in [3.05, 3.63) is 71.8 Å². The minimum absolute atomic E-state index is 0.00126. The fraction of sp³-hybridized carbons (Fsp3) is 0.564. The number of benzene rings is 2. The Kier molecular flexibility index (Phi) is 14.6. The minimum atomic E-state index is -1.04. The third kappa shape index (κ3) is 13.6. The number of aryl methyl sites for hydroxylation is 1. The van der Waals surface area contributed by atoms with E-state index >= 15 is 0 Å². The van der Waals surface area contributed by atoms with Gasteiger partial charge in [-0.25, -0.2) is 4.79 Å². The highest BCUT2D eigenvalue weighted by molar-refractivity contribution is 5.98. The molecule has 0 aliphatic carbocycles. The summed E-state index contributed by atoms with van der Waals surface area (Å²) >= 11 is 0. The van der Waals surface area contributed by atoms with Gasteiger partial charge in [-0.15, -0.1) is 0 Å². The van der Waals surface area contributed by atoms with Crippen molar-refractivity contribution >= 4 is 29.6 Å². The maximum absolute atomic E-state index is 14.0. The van der Waals surface area contributed by atoms with Crippen molar-refractivity contribution in [1.82, 2.24) is 21.3 Å². The molecule has 2 aromatic rings. The lowest BCUT2D eigenvalue weighted by Gasteiger charge is -2.28. The smallest absolute Gasteiger partial charge is 0.408 e. The first kappa shape index (κ1) is 40.2. The van der Waals surface area contributed by atoms with Crippen molar-refractivity contribution in [3.8, 4) is 0 Å². The number of hydrogen-bond acceptors (Lipinski definition) is 7. The standard InChI is InChI=1S/C39H56N4O7/c1-25(2)21-30(33(44)39(8)24-49-39)40-36(47)32(23-28-17-13-10-14-18-28)42-35(46)31(22-26(3)4)41-34(45)29(43-37(48)50-38(5,6)7)20-19-27-15-11-9-12-16-27/h9-18,25-26,29-32H,19-24H2,1-8H3,(H,40,47)(H,41,45)(H,42,46)(H,43,48)/t29-,30?,31-,32-,39?/m0/s1. The van der Waals surface area contributed by atoms with E-state index in [2.05, 4.69) is 21.3 Å². The summed E-state index contributed by atoms with van der Waals surface area (Å²) in [5.74, 6) is -1.69. The zero-order valence-corrected chi connectivity index (χ0v) is 30.8. The van der Waals surface area contributed by atoms with Crippen LogP contribution in [0.3, 0.4) is 0 Å². The molecule has 274 valence electrons. The predicted octanol–water partition coefficient (Wildman–Crippen LogP) is 4.66. The molecular formula is C39H56N4O7. The van der Waals surface area contributed by atoms with E-state index in [-0.39, 0.29) is 36.9 Å². The highest BCUT2D eigenvalue weighted by Crippen LogP contribution is 2.29. The van der Waals surface area contributed by atoms with Crippen LogP contribution in [0, 0.1) is 11.8 Å². The quantitative estimate of drug-likeness (QED) is 0.166. The van der Waals surface area contributed by atoms with E-state index in [9.17, 15) is 24.0 Å². The topological polar surface area (TPSA) is 155 Å². The Labute approximate surface area is 297 Å². The van der Waals surface area contributed by atoms with E-state index in [0.717, 1.165) is 11.1 Å². The molecule has 50 heavy (non-hydrogen) atoms. The number of alkyl carbamates (subject to hydrolysis) is 1. The summed E-state index contributed by atoms with van der Waals surface area (Å²) in [6.07, 6.45) is 0.867. The number of nitrogens with one attached hydrogen (secondary N) is 4. The molecule has 4 amide bonds. The number of hydrogen-bond donors (Lipinski definition) is 4. The van der Waals surface area contributed by atoms with Crippen LogP contribution in [0.1, 0.15) is 85.8 Å². The number of carbonyl (C=O) groups excluding carboxylic acids is 5. The molecule has 5 atom stereocenters. The number of epoxide rings is 1. The molecule has 1 heterocycles. The van der Waals surface area contributed by atoms with Gasteiger partial charge in [-0.05, 0) is 76.3 Å². The van der Waals surface area contributed by atoms with Crippen molar-refractivity contribution in [1.29, 1.82) is 0 Å². The van der Waals surface area contributed by atoms with Gasteiger partial charge in [-0.2, -0.15) is 0 Å². The second-order valence-electron chi connectivity index (χ2n) is 15.2. The van der Waals surface area contributed by atoms with Gasteiger partial charge in [0.25, 0.3) is 0 Å². The Balaban J connectivity index is 1.83. The van der Waals surface area contributed by atoms with Crippen molar-refractivity contribution in [2.45, 2.75) is 123 Å². The van der Waals surface area contributed by atoms with E-state index in [1.807, 2.05) is 88.4 Å². The molecule has 3 rings (SSSR count). The molecule has 1 aliphatic heterocycles. The molecule has 0 spiro atoms. The molecule has 0 aromatic heterocycles. The molecule has 4 N–H and O–H groups in total. The second kappa shape index (κ2) is 18.1. The molecule has 0 bridgehead atoms. The van der Waals surface area contributed by atoms with Crippen LogP contribution in [0.2, 0.25) is 0 Å². The van der Waals surface area contributed by atoms with Gasteiger partial charge < -0.3 is 30.7 Å². The van der Waals surface area contributed by atoms with Crippen molar-refractivity contribution in [2.75, 3.05) is 6.61 Å². The Morgan fingerprint density at radius 1 is 0.700 bits per heavy atom. The van der Waals surface area contributed by atoms with Gasteiger partial charge in [0.1, 0.15) is 29.3 Å². The predicted molar refractivity (Wildman–Crippen MR) is 192 cm³/mol. The summed E-state index contributed by atoms with van der Waals surface area (Å²) in [4.78, 5) is 67.8. The van der Waals surface area contributed by atoms with E-state index < -0.39 is 59.2 Å². The van der Waals surface area contributed by atoms with Gasteiger partial charge in [0.2, 0.25) is 17.7 Å². The highest BCUT2D eigenvalue weighted by atomic mass is 16.6. The van der Waals surface area contributed by atoms with Crippen LogP contribution in [0.15, 0.2) is 60.7 Å². The summed E-state index contributed by atoms with van der Waals surface area (Å²) in [5, 5.41) is 11.3. The second-order valence-corrected chi connectivity index (χ2v) is 15.2. The van der Waals surface area contributed by atoms with Crippen molar-refractivity contribution in [3.63, 3.8) is 0 Å². The van der Waals surface area contributed by atoms with Crippen LogP contribution in [-0.2, 0) is 41.5 Å². The summed E-state index contributed by atoms with van der Waals surface area (Å²) in [6.45, 7) is 15.0. The summed E-state index contributed by atoms with van der Waals surface area (Å²) in [7, 11) is 0. The van der Waals surface area contributed by atoms with Crippen LogP contribution >= 0.6 is 0 Å². The van der Waals surface area contributed by atoms with E-state index in [1.165, 1.54) is 0 Å². The molecule has 2 unspecified atom stereocenters. The highest BCUT2D eigenvalue weighted by Gasteiger charge is 2.50. The average molecular weight is 693 g/mol. The van der Waals surface area contributed by atoms with Crippen LogP contribution in [0.5, 0.6) is 0 Å². The number of amides is 4. The zero-order chi connectivity index (χ0) is 37.1. The van der Waals surface area contributed by atoms with Gasteiger partial charge in [0.15, 0.2) is 5.78 Å². The Morgan fingerprint density at radius 3 is 1.68 bits per heavy atom. The normalized spacial score (nSPS) is 18.0. The summed E-state index contributed by atoms with van der Waals surface area (Å²) in [5.41, 5.74) is 0.0894. The minimum Gasteiger partial charge on any atom is -0.444 e. The molecule has 2 aromatic carbocycles. The Bertz CT molecular complexity index is 1440. The van der Waals surface area contributed by atoms with Crippen LogP contribution in [0.4, 0.5) is 4.79 Å². The maximum Gasteiger partial charge on any atom is 0.408 e. The molecule has 1 fully saturated rings. The zero-order valence-electron chi connectivity index (χ0n) is 30.8. The first-order chi connectivity index (χ1) is 23.5. The fourth-order valence-electron chi connectivity index (χ4n) is 5.58. The van der Waals surface area contributed by atoms with Gasteiger partial charge >= 0.3 is 6.09 Å². The first-order valence-corrected chi connectivity index (χ1v) is 17.6. The fourth-order valence-corrected chi connectivity index (χ4v) is 5.58. The molecule has 0 saturated carbocycles. The number of rotatable bonds is 18. The lowest BCUT2D eigenvalue weighted by atomic mass is 9.93. The molecule has 11 heteroatoms. The number of ether oxygens (including phenoxy) is 2. The number of carbonyl (C=O) groups is 5. The third-order valence-electron chi connectivity index (χ3n) is 8.27. The summed E-state index contributed by atoms with van der Waals surface area (Å²) < 4.78 is 10.8. The monoisotopic (exact) mass is 692 g/mol. The van der Waals surface area contributed by atoms with Crippen LogP contribution in [0.25, 0.3) is 0 Å². The Morgan fingerprint density at radius 2 is 1.16 bits per heavy atom. The number of Topliss-reactive ketones (excluding diaryl/α,β-unsaturated/α-hetero) is 1. The van der Waals surface area contributed by atoms with Gasteiger partial charge in [0, 0.05) is 6.42 Å². The third-order valence-corrected chi connectivity index (χ3v) is 8.27. The molecule has 1 aliphatic rings. The molecule has 1 saturated heterocycles. The SMILES string of the molecule is CC(C)CC(NC(=O)[C@H](Cc1ccccc1)NC(=O)[C@H](CC(C)C)NC(=O)[C@H](CCc1ccccc1)NC(=O)OC(C)(C)C)C(=O)C1(C)CO1.